The number of likely N-dealkylation sites (N-methyl/N-ethyl adjacent to an activating group) is 1. The van der Waals surface area contributed by atoms with Crippen LogP contribution in [-0.4, -0.2) is 79.2 Å². The van der Waals surface area contributed by atoms with Gasteiger partial charge in [0, 0.05) is 13.1 Å². The molecule has 1 saturated carbocycles. The van der Waals surface area contributed by atoms with Crippen molar-refractivity contribution >= 4 is 32.7 Å². The molecule has 1 fully saturated rings. The second-order valence-corrected chi connectivity index (χ2v) is 15.5. The molecule has 11 nitrogen and oxygen atoms in total. The van der Waals surface area contributed by atoms with Gasteiger partial charge in [-0.3, -0.25) is 9.59 Å². The fourth-order valence-electron chi connectivity index (χ4n) is 6.45. The lowest BCUT2D eigenvalue weighted by Gasteiger charge is -2.38. The molecule has 0 bridgehead atoms. The van der Waals surface area contributed by atoms with Gasteiger partial charge in [-0.25, -0.2) is 17.9 Å². The second kappa shape index (κ2) is 17.7. The molecule has 0 radical (unpaired) electrons. The van der Waals surface area contributed by atoms with Crippen LogP contribution in [0, 0.1) is 0 Å². The Labute approximate surface area is 313 Å². The Morgan fingerprint density at radius 2 is 1.43 bits per heavy atom. The molecule has 0 aromatic heterocycles. The maximum absolute atomic E-state index is 14.2. The number of carbonyl (C=O) groups excluding carboxylic acids is 2. The highest BCUT2D eigenvalue weighted by Crippen LogP contribution is 2.46. The number of nitrogens with two attached hydrogens (primary N) is 1. The number of rotatable bonds is 12. The molecular formula is C39H47F3N4O7S. The number of amides is 2. The monoisotopic (exact) mass is 772 g/mol. The zero-order chi connectivity index (χ0) is 39.7. The minimum absolute atomic E-state index is 0.0689. The summed E-state index contributed by atoms with van der Waals surface area (Å²) in [5.41, 5.74) is 8.31. The fourth-order valence-corrected chi connectivity index (χ4v) is 8.42. The van der Waals surface area contributed by atoms with Crippen LogP contribution in [0.3, 0.4) is 0 Å². The minimum Gasteiger partial charge on any atom is -0.475 e. The van der Waals surface area contributed by atoms with Crippen LogP contribution in [0.5, 0.6) is 0 Å². The van der Waals surface area contributed by atoms with Crippen LogP contribution in [0.15, 0.2) is 90.5 Å². The van der Waals surface area contributed by atoms with Crippen molar-refractivity contribution in [2.75, 3.05) is 19.7 Å². The third-order valence-corrected chi connectivity index (χ3v) is 11.0. The van der Waals surface area contributed by atoms with Crippen LogP contribution in [0.4, 0.5) is 13.2 Å². The van der Waals surface area contributed by atoms with Crippen molar-refractivity contribution in [1.29, 1.82) is 0 Å². The quantitative estimate of drug-likeness (QED) is 0.184. The number of carbonyl (C=O) groups is 3. The maximum atomic E-state index is 14.2. The fraction of sp³-hybridized carbons (Fsp3) is 0.410. The number of halogens is 3. The van der Waals surface area contributed by atoms with Crippen molar-refractivity contribution < 1.29 is 45.8 Å². The zero-order valence-corrected chi connectivity index (χ0v) is 31.3. The van der Waals surface area contributed by atoms with Crippen molar-refractivity contribution in [3.63, 3.8) is 0 Å². The first-order chi connectivity index (χ1) is 25.4. The molecule has 5 rings (SSSR count). The van der Waals surface area contributed by atoms with Gasteiger partial charge in [-0.15, -0.1) is 0 Å². The highest BCUT2D eigenvalue weighted by Gasteiger charge is 2.50. The van der Waals surface area contributed by atoms with E-state index >= 15 is 0 Å². The Balaban J connectivity index is 0.000000845. The van der Waals surface area contributed by atoms with Gasteiger partial charge in [-0.1, -0.05) is 104 Å². The molecule has 3 aromatic carbocycles. The second-order valence-electron chi connectivity index (χ2n) is 13.9. The van der Waals surface area contributed by atoms with E-state index in [-0.39, 0.29) is 30.6 Å². The van der Waals surface area contributed by atoms with Gasteiger partial charge in [0.1, 0.15) is 6.04 Å². The maximum Gasteiger partial charge on any atom is 0.490 e. The van der Waals surface area contributed by atoms with Crippen LogP contribution in [0.2, 0.25) is 0 Å². The van der Waals surface area contributed by atoms with E-state index < -0.39 is 45.2 Å². The van der Waals surface area contributed by atoms with Gasteiger partial charge in [0.15, 0.2) is 0 Å². The van der Waals surface area contributed by atoms with Gasteiger partial charge in [0.2, 0.25) is 21.8 Å². The van der Waals surface area contributed by atoms with Crippen LogP contribution in [0.1, 0.15) is 64.0 Å². The van der Waals surface area contributed by atoms with Crippen LogP contribution in [-0.2, 0) is 35.8 Å². The van der Waals surface area contributed by atoms with Crippen LogP contribution >= 0.6 is 0 Å². The standard InChI is InChI=1S/C37H46N4O5S.C2HF3O2/c1-4-41(34(42)32(39-35(43)36(2,3)38)26-46-25-27-14-8-5-9-15-27)24-31-33(47(44,45)40-37(31)22-12-7-13-23-37)30-20-18-29(19-21-30)28-16-10-6-11-17-28;3-2(4,5)1(6)7/h5-6,8-11,14-21,32,40H,4,7,12-13,22-26,38H2,1-3H3,(H,39,43);(H,6,7)/t32-;/m1./s1. The smallest absolute Gasteiger partial charge is 0.475 e. The van der Waals surface area contributed by atoms with Crippen LogP contribution < -0.4 is 15.8 Å². The number of benzene rings is 3. The van der Waals surface area contributed by atoms with Crippen molar-refractivity contribution in [3.8, 4) is 11.1 Å². The third kappa shape index (κ3) is 10.8. The zero-order valence-electron chi connectivity index (χ0n) is 30.5. The topological polar surface area (TPSA) is 168 Å². The molecule has 54 heavy (non-hydrogen) atoms. The van der Waals surface area contributed by atoms with E-state index in [1.54, 1.807) is 18.7 Å². The van der Waals surface area contributed by atoms with Crippen molar-refractivity contribution in [3.05, 3.63) is 102 Å². The number of alkyl halides is 3. The average Bonchev–Trinajstić information content (AvgIpc) is 3.34. The summed E-state index contributed by atoms with van der Waals surface area (Å²) in [6, 6.07) is 26.0. The van der Waals surface area contributed by atoms with E-state index in [1.165, 1.54) is 0 Å². The number of carboxylic acid groups (broad SMARTS) is 1. The average molecular weight is 773 g/mol. The summed E-state index contributed by atoms with van der Waals surface area (Å²) >= 11 is 0. The first-order valence-corrected chi connectivity index (χ1v) is 19.1. The molecule has 0 saturated heterocycles. The summed E-state index contributed by atoms with van der Waals surface area (Å²) in [6.07, 6.45) is -0.995. The Morgan fingerprint density at radius 3 is 1.94 bits per heavy atom. The molecule has 1 spiro atoms. The normalized spacial score (nSPS) is 16.9. The number of sulfonamides is 1. The molecule has 0 unspecified atom stereocenters. The lowest BCUT2D eigenvalue weighted by Crippen LogP contribution is -2.58. The predicted octanol–water partition coefficient (Wildman–Crippen LogP) is 5.62. The highest BCUT2D eigenvalue weighted by atomic mass is 32.2. The Hall–Kier alpha value is -4.57. The minimum atomic E-state index is -5.08. The molecule has 3 aromatic rings. The third-order valence-electron chi connectivity index (χ3n) is 9.28. The van der Waals surface area contributed by atoms with Crippen molar-refractivity contribution in [2.24, 2.45) is 5.73 Å². The molecule has 2 aliphatic rings. The molecule has 1 heterocycles. The van der Waals surface area contributed by atoms with E-state index in [0.29, 0.717) is 30.5 Å². The first kappa shape index (κ1) is 42.2. The Morgan fingerprint density at radius 1 is 0.907 bits per heavy atom. The lowest BCUT2D eigenvalue weighted by molar-refractivity contribution is -0.192. The SMILES string of the molecule is CCN(CC1=C(c2ccc(-c3ccccc3)cc2)S(=O)(=O)NC12CCCCC2)C(=O)[C@@H](COCc1ccccc1)NC(=O)C(C)(C)N.O=C(O)C(F)(F)F. The summed E-state index contributed by atoms with van der Waals surface area (Å²) < 4.78 is 68.6. The molecule has 292 valence electrons. The largest absolute Gasteiger partial charge is 0.490 e. The number of hydrogen-bond acceptors (Lipinski definition) is 7. The van der Waals surface area contributed by atoms with Crippen molar-refractivity contribution in [1.82, 2.24) is 14.9 Å². The molecule has 1 atom stereocenters. The number of carboxylic acids is 1. The number of nitrogens with zero attached hydrogens (tertiary/aromatic N) is 1. The van der Waals surface area contributed by atoms with E-state index in [0.717, 1.165) is 36.0 Å². The molecular weight excluding hydrogens is 726 g/mol. The number of ether oxygens (including phenoxy) is 1. The van der Waals surface area contributed by atoms with Gasteiger partial charge in [-0.2, -0.15) is 13.2 Å². The number of nitrogens with one attached hydrogen (secondary N) is 2. The Bertz CT molecular complexity index is 1890. The highest BCUT2D eigenvalue weighted by molar-refractivity contribution is 7.99. The Kier molecular flexibility index (Phi) is 13.8. The van der Waals surface area contributed by atoms with Gasteiger partial charge < -0.3 is 25.8 Å². The van der Waals surface area contributed by atoms with Gasteiger partial charge in [0.05, 0.1) is 29.2 Å². The molecule has 5 N–H and O–H groups in total. The molecule has 15 heteroatoms. The molecule has 1 aliphatic heterocycles. The lowest BCUT2D eigenvalue weighted by atomic mass is 9.76. The van der Waals surface area contributed by atoms with Gasteiger partial charge in [-0.05, 0) is 61.4 Å². The number of hydrogen-bond donors (Lipinski definition) is 4. The summed E-state index contributed by atoms with van der Waals surface area (Å²) in [4.78, 5) is 38.0. The van der Waals surface area contributed by atoms with E-state index in [9.17, 15) is 31.2 Å². The number of aliphatic carboxylic acids is 1. The van der Waals surface area contributed by atoms with Gasteiger partial charge >= 0.3 is 12.1 Å². The predicted molar refractivity (Wildman–Crippen MR) is 199 cm³/mol. The summed E-state index contributed by atoms with van der Waals surface area (Å²) in [5.74, 6) is -3.60. The summed E-state index contributed by atoms with van der Waals surface area (Å²) in [7, 11) is -3.88. The molecule has 1 aliphatic carbocycles. The summed E-state index contributed by atoms with van der Waals surface area (Å²) in [6.45, 7) is 5.60. The summed E-state index contributed by atoms with van der Waals surface area (Å²) in [5, 5.41) is 9.93. The van der Waals surface area contributed by atoms with E-state index in [1.807, 2.05) is 91.9 Å². The molecule has 2 amide bonds. The van der Waals surface area contributed by atoms with Crippen molar-refractivity contribution in [2.45, 2.75) is 82.8 Å². The first-order valence-electron chi connectivity index (χ1n) is 17.6. The van der Waals surface area contributed by atoms with Gasteiger partial charge in [0.25, 0.3) is 0 Å². The van der Waals surface area contributed by atoms with Crippen LogP contribution in [0.25, 0.3) is 16.0 Å². The van der Waals surface area contributed by atoms with E-state index in [4.69, 9.17) is 20.4 Å². The van der Waals surface area contributed by atoms with E-state index in [2.05, 4.69) is 10.0 Å².